The van der Waals surface area contributed by atoms with Gasteiger partial charge in [0, 0.05) is 18.1 Å². The quantitative estimate of drug-likeness (QED) is 0.634. The fraction of sp³-hybridized carbons (Fsp3) is 1.00. The fourth-order valence-corrected chi connectivity index (χ4v) is 2.27. The molecular weight excluding hydrogens is 176 g/mol. The number of aliphatic hydroxyl groups excluding tert-OH is 1. The summed E-state index contributed by atoms with van der Waals surface area (Å²) in [6.45, 7) is 3.98. The summed E-state index contributed by atoms with van der Waals surface area (Å²) in [5, 5.41) is 12.8. The number of nitrogens with two attached hydrogens (primary N) is 1. The molecule has 1 fully saturated rings. The van der Waals surface area contributed by atoms with Gasteiger partial charge in [0.25, 0.3) is 0 Å². The highest BCUT2D eigenvalue weighted by Gasteiger charge is 2.19. The minimum absolute atomic E-state index is 0.205. The lowest BCUT2D eigenvalue weighted by Gasteiger charge is -2.29. The van der Waals surface area contributed by atoms with Gasteiger partial charge in [-0.25, -0.2) is 0 Å². The fourth-order valence-electron chi connectivity index (χ4n) is 2.27. The molecule has 2 atom stereocenters. The Kier molecular flexibility index (Phi) is 4.85. The van der Waals surface area contributed by atoms with Crippen LogP contribution < -0.4 is 11.1 Å². The van der Waals surface area contributed by atoms with Gasteiger partial charge < -0.3 is 16.2 Å². The Morgan fingerprint density at radius 2 is 1.86 bits per heavy atom. The third-order valence-corrected chi connectivity index (χ3v) is 2.99. The second kappa shape index (κ2) is 5.69. The van der Waals surface area contributed by atoms with Crippen LogP contribution in [0.4, 0.5) is 0 Å². The van der Waals surface area contributed by atoms with Gasteiger partial charge in [0.15, 0.2) is 0 Å². The molecule has 1 aliphatic rings. The smallest absolute Gasteiger partial charge is 0.0526 e. The van der Waals surface area contributed by atoms with E-state index in [0.717, 1.165) is 19.3 Å². The Balaban J connectivity index is 2.17. The van der Waals surface area contributed by atoms with E-state index in [1.54, 1.807) is 0 Å². The zero-order chi connectivity index (χ0) is 10.6. The molecule has 14 heavy (non-hydrogen) atoms. The lowest BCUT2D eigenvalue weighted by Crippen LogP contribution is -2.42. The third kappa shape index (κ3) is 4.40. The predicted molar refractivity (Wildman–Crippen MR) is 59.1 cm³/mol. The lowest BCUT2D eigenvalue weighted by molar-refractivity contribution is 0.164. The molecule has 1 rings (SSSR count). The summed E-state index contributed by atoms with van der Waals surface area (Å²) in [5.74, 6) is 0. The number of hydrogen-bond donors (Lipinski definition) is 3. The summed E-state index contributed by atoms with van der Waals surface area (Å²) in [6.07, 6.45) is 5.28. The van der Waals surface area contributed by atoms with Crippen molar-refractivity contribution in [2.45, 2.75) is 70.2 Å². The maximum atomic E-state index is 9.23. The molecule has 4 N–H and O–H groups in total. The molecule has 0 spiro atoms. The van der Waals surface area contributed by atoms with E-state index >= 15 is 0 Å². The summed E-state index contributed by atoms with van der Waals surface area (Å²) < 4.78 is 0. The van der Waals surface area contributed by atoms with Gasteiger partial charge in [-0.2, -0.15) is 0 Å². The molecule has 3 nitrogen and oxygen atoms in total. The van der Waals surface area contributed by atoms with Crippen LogP contribution in [-0.4, -0.2) is 29.3 Å². The Morgan fingerprint density at radius 1 is 1.29 bits per heavy atom. The topological polar surface area (TPSA) is 58.3 Å². The molecule has 1 aliphatic carbocycles. The minimum Gasteiger partial charge on any atom is -0.393 e. The molecule has 3 heteroatoms. The summed E-state index contributed by atoms with van der Waals surface area (Å²) in [6, 6.07) is 1.44. The molecule has 0 aromatic heterocycles. The van der Waals surface area contributed by atoms with Crippen molar-refractivity contribution in [2.75, 3.05) is 0 Å². The second-order valence-electron chi connectivity index (χ2n) is 4.76. The minimum atomic E-state index is -0.205. The van der Waals surface area contributed by atoms with E-state index in [0.29, 0.717) is 18.1 Å². The molecule has 0 aliphatic heterocycles. The average molecular weight is 200 g/mol. The van der Waals surface area contributed by atoms with E-state index in [2.05, 4.69) is 12.2 Å². The molecule has 0 heterocycles. The molecule has 0 amide bonds. The molecule has 0 aromatic rings. The molecule has 1 saturated carbocycles. The molecule has 2 unspecified atom stereocenters. The van der Waals surface area contributed by atoms with Crippen molar-refractivity contribution < 1.29 is 5.11 Å². The molecule has 0 radical (unpaired) electrons. The van der Waals surface area contributed by atoms with E-state index in [1.807, 2.05) is 6.92 Å². The van der Waals surface area contributed by atoms with E-state index in [1.165, 1.54) is 12.8 Å². The first-order valence-corrected chi connectivity index (χ1v) is 5.77. The van der Waals surface area contributed by atoms with Gasteiger partial charge in [-0.3, -0.25) is 0 Å². The number of aliphatic hydroxyl groups is 1. The maximum absolute atomic E-state index is 9.23. The standard InChI is InChI=1S/C11H24N2O/c1-8(7-9(2)14)13-11-5-3-10(12)4-6-11/h8-11,13-14H,3-7,12H2,1-2H3. The second-order valence-corrected chi connectivity index (χ2v) is 4.76. The first-order valence-electron chi connectivity index (χ1n) is 5.77. The molecule has 0 aromatic carbocycles. The van der Waals surface area contributed by atoms with Gasteiger partial charge >= 0.3 is 0 Å². The van der Waals surface area contributed by atoms with Gasteiger partial charge in [0.1, 0.15) is 0 Å². The Hall–Kier alpha value is -0.120. The van der Waals surface area contributed by atoms with Crippen LogP contribution in [-0.2, 0) is 0 Å². The van der Waals surface area contributed by atoms with Crippen molar-refractivity contribution in [3.8, 4) is 0 Å². The van der Waals surface area contributed by atoms with Gasteiger partial charge in [-0.1, -0.05) is 0 Å². The van der Waals surface area contributed by atoms with E-state index in [-0.39, 0.29) is 6.10 Å². The summed E-state index contributed by atoms with van der Waals surface area (Å²) in [5.41, 5.74) is 5.84. The van der Waals surface area contributed by atoms with Crippen molar-refractivity contribution in [3.63, 3.8) is 0 Å². The maximum Gasteiger partial charge on any atom is 0.0526 e. The Labute approximate surface area is 87.1 Å². The summed E-state index contributed by atoms with van der Waals surface area (Å²) in [4.78, 5) is 0. The van der Waals surface area contributed by atoms with E-state index in [4.69, 9.17) is 5.73 Å². The number of rotatable bonds is 4. The van der Waals surface area contributed by atoms with Gasteiger partial charge in [-0.05, 0) is 46.0 Å². The average Bonchev–Trinajstić information content (AvgIpc) is 2.07. The van der Waals surface area contributed by atoms with Gasteiger partial charge in [-0.15, -0.1) is 0 Å². The molecule has 0 saturated heterocycles. The van der Waals surface area contributed by atoms with Crippen molar-refractivity contribution >= 4 is 0 Å². The van der Waals surface area contributed by atoms with Crippen LogP contribution in [0.5, 0.6) is 0 Å². The van der Waals surface area contributed by atoms with Gasteiger partial charge in [0.05, 0.1) is 6.10 Å². The number of nitrogens with one attached hydrogen (secondary N) is 1. The monoisotopic (exact) mass is 200 g/mol. The van der Waals surface area contributed by atoms with Crippen molar-refractivity contribution in [2.24, 2.45) is 5.73 Å². The summed E-state index contributed by atoms with van der Waals surface area (Å²) in [7, 11) is 0. The largest absolute Gasteiger partial charge is 0.393 e. The van der Waals surface area contributed by atoms with Gasteiger partial charge in [0.2, 0.25) is 0 Å². The highest BCUT2D eigenvalue weighted by molar-refractivity contribution is 4.80. The Morgan fingerprint density at radius 3 is 2.36 bits per heavy atom. The summed E-state index contributed by atoms with van der Waals surface area (Å²) >= 11 is 0. The van der Waals surface area contributed by atoms with Crippen LogP contribution in [0.2, 0.25) is 0 Å². The Bertz CT molecular complexity index is 153. The lowest BCUT2D eigenvalue weighted by atomic mass is 9.91. The van der Waals surface area contributed by atoms with Crippen LogP contribution in [0.1, 0.15) is 46.0 Å². The first-order chi connectivity index (χ1) is 6.58. The van der Waals surface area contributed by atoms with Crippen LogP contribution in [0.25, 0.3) is 0 Å². The van der Waals surface area contributed by atoms with Crippen molar-refractivity contribution in [1.29, 1.82) is 0 Å². The van der Waals surface area contributed by atoms with Crippen molar-refractivity contribution in [3.05, 3.63) is 0 Å². The number of hydrogen-bond acceptors (Lipinski definition) is 3. The van der Waals surface area contributed by atoms with Crippen LogP contribution in [0.3, 0.4) is 0 Å². The first kappa shape index (κ1) is 12.0. The molecular formula is C11H24N2O. The molecule has 0 bridgehead atoms. The van der Waals surface area contributed by atoms with Crippen LogP contribution in [0, 0.1) is 0 Å². The highest BCUT2D eigenvalue weighted by atomic mass is 16.3. The third-order valence-electron chi connectivity index (χ3n) is 2.99. The van der Waals surface area contributed by atoms with E-state index < -0.39 is 0 Å². The van der Waals surface area contributed by atoms with Crippen LogP contribution >= 0.6 is 0 Å². The SMILES string of the molecule is CC(O)CC(C)NC1CCC(N)CC1. The zero-order valence-electron chi connectivity index (χ0n) is 9.37. The van der Waals surface area contributed by atoms with Crippen LogP contribution in [0.15, 0.2) is 0 Å². The molecule has 84 valence electrons. The zero-order valence-corrected chi connectivity index (χ0v) is 9.37. The highest BCUT2D eigenvalue weighted by Crippen LogP contribution is 2.17. The normalized spacial score (nSPS) is 32.6. The van der Waals surface area contributed by atoms with E-state index in [9.17, 15) is 5.11 Å². The predicted octanol–water partition coefficient (Wildman–Crippen LogP) is 1.01. The van der Waals surface area contributed by atoms with Crippen molar-refractivity contribution in [1.82, 2.24) is 5.32 Å².